The smallest absolute Gasteiger partial charge is 0.266 e. The van der Waals surface area contributed by atoms with Crippen LogP contribution in [-0.2, 0) is 16.6 Å². The number of aromatic nitrogens is 3. The van der Waals surface area contributed by atoms with Gasteiger partial charge in [0.25, 0.3) is 5.56 Å². The van der Waals surface area contributed by atoms with Gasteiger partial charge in [-0.15, -0.1) is 0 Å². The maximum Gasteiger partial charge on any atom is 0.266 e. The second-order valence-electron chi connectivity index (χ2n) is 8.14. The molecule has 6 nitrogen and oxygen atoms in total. The lowest BCUT2D eigenvalue weighted by molar-refractivity contribution is -0.120. The van der Waals surface area contributed by atoms with Gasteiger partial charge >= 0.3 is 0 Å². The Labute approximate surface area is 184 Å². The molecule has 0 radical (unpaired) electrons. The van der Waals surface area contributed by atoms with Crippen LogP contribution in [-0.4, -0.2) is 27.0 Å². The Hall–Kier alpha value is -2.31. The summed E-state index contributed by atoms with van der Waals surface area (Å²) in [7, 11) is 0. The number of aromatic amines is 1. The van der Waals surface area contributed by atoms with Crippen LogP contribution in [0.3, 0.4) is 0 Å². The summed E-state index contributed by atoms with van der Waals surface area (Å²) in [5, 5.41) is 7.11. The van der Waals surface area contributed by atoms with Gasteiger partial charge in [-0.2, -0.15) is 0 Å². The molecule has 158 valence electrons. The average Bonchev–Trinajstić information content (AvgIpc) is 3.30. The highest BCUT2D eigenvalue weighted by molar-refractivity contribution is 6.35. The molecule has 0 saturated heterocycles. The third-order valence-corrected chi connectivity index (χ3v) is 6.77. The van der Waals surface area contributed by atoms with Gasteiger partial charge in [-0.05, 0) is 44.4 Å². The quantitative estimate of drug-likeness (QED) is 0.618. The number of halogens is 2. The summed E-state index contributed by atoms with van der Waals surface area (Å²) >= 11 is 12.6. The third-order valence-electron chi connectivity index (χ3n) is 6.23. The molecule has 2 aromatic heterocycles. The van der Waals surface area contributed by atoms with Crippen LogP contribution >= 0.6 is 23.2 Å². The number of nitrogens with zero attached hydrogens (tertiary/aromatic N) is 2. The molecule has 1 amide bonds. The van der Waals surface area contributed by atoms with Crippen LogP contribution in [0.25, 0.3) is 5.65 Å². The number of hydrogen-bond donors (Lipinski definition) is 2. The Bertz CT molecular complexity index is 1180. The van der Waals surface area contributed by atoms with E-state index in [0.717, 1.165) is 48.2 Å². The van der Waals surface area contributed by atoms with Gasteiger partial charge in [0.05, 0.1) is 6.42 Å². The Balaban J connectivity index is 1.54. The number of nitrogens with one attached hydrogen (secondary N) is 2. The van der Waals surface area contributed by atoms with E-state index in [9.17, 15) is 9.59 Å². The summed E-state index contributed by atoms with van der Waals surface area (Å²) in [6, 6.07) is 7.06. The molecule has 2 N–H and O–H groups in total. The van der Waals surface area contributed by atoms with E-state index in [-0.39, 0.29) is 23.3 Å². The predicted octanol–water partition coefficient (Wildman–Crippen LogP) is 4.12. The molecular weight excluding hydrogens is 423 g/mol. The Morgan fingerprint density at radius 3 is 2.67 bits per heavy atom. The summed E-state index contributed by atoms with van der Waals surface area (Å²) in [5.74, 6) is -0.0757. The number of fused-ring (bicyclic) bond motifs is 1. The van der Waals surface area contributed by atoms with Gasteiger partial charge in [-0.3, -0.25) is 14.7 Å². The molecule has 4 rings (SSSR count). The molecule has 1 saturated carbocycles. The van der Waals surface area contributed by atoms with Crippen molar-refractivity contribution in [3.8, 4) is 0 Å². The molecule has 0 aliphatic heterocycles. The summed E-state index contributed by atoms with van der Waals surface area (Å²) in [5.41, 5.74) is 3.60. The highest BCUT2D eigenvalue weighted by Gasteiger charge is 2.37. The van der Waals surface area contributed by atoms with Crippen LogP contribution in [0.4, 0.5) is 0 Å². The zero-order valence-corrected chi connectivity index (χ0v) is 18.5. The minimum atomic E-state index is -0.213. The molecule has 0 atom stereocenters. The number of amides is 1. The fraction of sp³-hybridized carbons (Fsp3) is 0.409. The molecule has 0 unspecified atom stereocenters. The van der Waals surface area contributed by atoms with Crippen molar-refractivity contribution in [1.82, 2.24) is 19.9 Å². The maximum atomic E-state index is 12.9. The molecule has 0 bridgehead atoms. The minimum absolute atomic E-state index is 0.0757. The van der Waals surface area contributed by atoms with Crippen molar-refractivity contribution < 1.29 is 4.79 Å². The van der Waals surface area contributed by atoms with Gasteiger partial charge in [-0.1, -0.05) is 42.1 Å². The first-order valence-corrected chi connectivity index (χ1v) is 10.8. The molecule has 3 aromatic rings. The number of rotatable bonds is 5. The highest BCUT2D eigenvalue weighted by atomic mass is 35.5. The first kappa shape index (κ1) is 20.9. The molecule has 1 aliphatic rings. The monoisotopic (exact) mass is 446 g/mol. The molecule has 1 aromatic carbocycles. The van der Waals surface area contributed by atoms with Crippen molar-refractivity contribution in [2.75, 3.05) is 6.54 Å². The molecule has 1 fully saturated rings. The number of hydrogen-bond acceptors (Lipinski definition) is 3. The molecule has 8 heteroatoms. The zero-order chi connectivity index (χ0) is 21.5. The second kappa shape index (κ2) is 8.08. The lowest BCUT2D eigenvalue weighted by Gasteiger charge is -2.31. The van der Waals surface area contributed by atoms with Gasteiger partial charge in [0, 0.05) is 45.0 Å². The van der Waals surface area contributed by atoms with Crippen molar-refractivity contribution in [2.45, 2.75) is 51.4 Å². The Morgan fingerprint density at radius 2 is 1.97 bits per heavy atom. The van der Waals surface area contributed by atoms with Crippen LogP contribution in [0.5, 0.6) is 0 Å². The Morgan fingerprint density at radius 1 is 1.23 bits per heavy atom. The van der Waals surface area contributed by atoms with Crippen molar-refractivity contribution in [1.29, 1.82) is 0 Å². The van der Waals surface area contributed by atoms with E-state index in [1.54, 1.807) is 10.6 Å². The zero-order valence-electron chi connectivity index (χ0n) is 17.0. The number of benzene rings is 1. The maximum absolute atomic E-state index is 12.9. The number of carbonyl (C=O) groups excluding carboxylic acids is 1. The van der Waals surface area contributed by atoms with Crippen LogP contribution in [0.15, 0.2) is 29.1 Å². The summed E-state index contributed by atoms with van der Waals surface area (Å²) < 4.78 is 1.63. The number of H-pyrrole nitrogens is 1. The minimum Gasteiger partial charge on any atom is -0.355 e. The van der Waals surface area contributed by atoms with E-state index >= 15 is 0 Å². The van der Waals surface area contributed by atoms with Gasteiger partial charge in [0.1, 0.15) is 0 Å². The largest absolute Gasteiger partial charge is 0.355 e. The van der Waals surface area contributed by atoms with E-state index in [1.165, 1.54) is 6.07 Å². The Kier molecular flexibility index (Phi) is 5.64. The van der Waals surface area contributed by atoms with Crippen LogP contribution < -0.4 is 10.9 Å². The lowest BCUT2D eigenvalue weighted by Crippen LogP contribution is -2.40. The first-order valence-electron chi connectivity index (χ1n) is 10.1. The summed E-state index contributed by atoms with van der Waals surface area (Å²) in [4.78, 5) is 28.9. The topological polar surface area (TPSA) is 79.3 Å². The fourth-order valence-corrected chi connectivity index (χ4v) is 5.22. The lowest BCUT2D eigenvalue weighted by atomic mass is 9.78. The highest BCUT2D eigenvalue weighted by Crippen LogP contribution is 2.44. The number of carbonyl (C=O) groups is 1. The van der Waals surface area contributed by atoms with Gasteiger partial charge in [0.2, 0.25) is 5.91 Å². The normalized spacial score (nSPS) is 15.6. The first-order chi connectivity index (χ1) is 14.3. The average molecular weight is 447 g/mol. The van der Waals surface area contributed by atoms with Crippen LogP contribution in [0.1, 0.15) is 48.2 Å². The van der Waals surface area contributed by atoms with Gasteiger partial charge in [-0.25, -0.2) is 9.50 Å². The van der Waals surface area contributed by atoms with E-state index < -0.39 is 0 Å². The SMILES string of the molecule is Cc1nc2cc(=O)[nH]n2c(C)c1CC(=O)NCC1(c2ccc(Cl)cc2Cl)CCCC1. The summed E-state index contributed by atoms with van der Waals surface area (Å²) in [6.07, 6.45) is 4.37. The van der Waals surface area contributed by atoms with E-state index in [4.69, 9.17) is 23.2 Å². The molecule has 2 heterocycles. The third kappa shape index (κ3) is 3.86. The van der Waals surface area contributed by atoms with Crippen molar-refractivity contribution in [3.05, 3.63) is 67.2 Å². The van der Waals surface area contributed by atoms with Crippen LogP contribution in [0, 0.1) is 13.8 Å². The van der Waals surface area contributed by atoms with Crippen molar-refractivity contribution in [3.63, 3.8) is 0 Å². The summed E-state index contributed by atoms with van der Waals surface area (Å²) in [6.45, 7) is 4.27. The van der Waals surface area contributed by atoms with Crippen molar-refractivity contribution in [2.24, 2.45) is 0 Å². The number of aryl methyl sites for hydroxylation is 2. The van der Waals surface area contributed by atoms with Crippen molar-refractivity contribution >= 4 is 34.8 Å². The molecule has 30 heavy (non-hydrogen) atoms. The molecular formula is C22H24Cl2N4O2. The molecule has 1 aliphatic carbocycles. The van der Waals surface area contributed by atoms with E-state index in [1.807, 2.05) is 26.0 Å². The van der Waals surface area contributed by atoms with E-state index in [0.29, 0.717) is 22.2 Å². The van der Waals surface area contributed by atoms with Gasteiger partial charge in [0.15, 0.2) is 5.65 Å². The van der Waals surface area contributed by atoms with Crippen LogP contribution in [0.2, 0.25) is 10.0 Å². The fourth-order valence-electron chi connectivity index (χ4n) is 4.61. The van der Waals surface area contributed by atoms with E-state index in [2.05, 4.69) is 15.4 Å². The predicted molar refractivity (Wildman–Crippen MR) is 119 cm³/mol. The molecule has 0 spiro atoms. The standard InChI is InChI=1S/C22H24Cl2N4O2/c1-13-16(14(2)28-19(26-13)11-21(30)27-28)10-20(29)25-12-22(7-3-4-8-22)17-6-5-15(23)9-18(17)24/h5-6,9,11H,3-4,7-8,10,12H2,1-2H3,(H,25,29)(H,27,30). The second-order valence-corrected chi connectivity index (χ2v) is 8.98. The van der Waals surface area contributed by atoms with Gasteiger partial charge < -0.3 is 5.32 Å².